The molecule has 5 nitrogen and oxygen atoms in total. The molecule has 0 aliphatic carbocycles. The standard InChI is InChI=1S/C7H11N3O2S/c1-4(2)8-3-5-6(7(11)12)9-10-13-5/h4,8H,3H2,1-2H3,(H,11,12). The summed E-state index contributed by atoms with van der Waals surface area (Å²) in [4.78, 5) is 11.3. The fourth-order valence-electron chi connectivity index (χ4n) is 0.784. The largest absolute Gasteiger partial charge is 0.476 e. The van der Waals surface area contributed by atoms with E-state index in [1.165, 1.54) is 0 Å². The highest BCUT2D eigenvalue weighted by molar-refractivity contribution is 7.05. The quantitative estimate of drug-likeness (QED) is 0.751. The lowest BCUT2D eigenvalue weighted by atomic mass is 10.3. The van der Waals surface area contributed by atoms with Crippen molar-refractivity contribution >= 4 is 17.5 Å². The Balaban J connectivity index is 2.65. The molecule has 0 amide bonds. The van der Waals surface area contributed by atoms with E-state index in [2.05, 4.69) is 14.9 Å². The van der Waals surface area contributed by atoms with Crippen molar-refractivity contribution in [1.82, 2.24) is 14.9 Å². The van der Waals surface area contributed by atoms with E-state index in [0.29, 0.717) is 17.5 Å². The molecule has 0 aliphatic rings. The Hall–Kier alpha value is -1.01. The van der Waals surface area contributed by atoms with Gasteiger partial charge in [-0.3, -0.25) is 0 Å². The molecule has 0 unspecified atom stereocenters. The Kier molecular flexibility index (Phi) is 3.32. The lowest BCUT2D eigenvalue weighted by Gasteiger charge is -2.05. The van der Waals surface area contributed by atoms with E-state index in [1.807, 2.05) is 13.8 Å². The average molecular weight is 201 g/mol. The lowest BCUT2D eigenvalue weighted by molar-refractivity contribution is 0.0689. The van der Waals surface area contributed by atoms with Crippen molar-refractivity contribution in [3.63, 3.8) is 0 Å². The summed E-state index contributed by atoms with van der Waals surface area (Å²) in [5, 5.41) is 15.3. The summed E-state index contributed by atoms with van der Waals surface area (Å²) in [6.45, 7) is 4.50. The van der Waals surface area contributed by atoms with Crippen LogP contribution in [0.5, 0.6) is 0 Å². The number of carbonyl (C=O) groups is 1. The molecule has 72 valence electrons. The molecule has 13 heavy (non-hydrogen) atoms. The maximum absolute atomic E-state index is 10.6. The van der Waals surface area contributed by atoms with Crippen molar-refractivity contribution in [3.8, 4) is 0 Å². The van der Waals surface area contributed by atoms with Crippen LogP contribution in [0, 0.1) is 0 Å². The summed E-state index contributed by atoms with van der Waals surface area (Å²) in [6, 6.07) is 0.323. The van der Waals surface area contributed by atoms with Crippen molar-refractivity contribution in [2.24, 2.45) is 0 Å². The number of nitrogens with zero attached hydrogens (tertiary/aromatic N) is 2. The Labute approximate surface area is 80.0 Å². The minimum atomic E-state index is -1.02. The van der Waals surface area contributed by atoms with Crippen molar-refractivity contribution < 1.29 is 9.90 Å². The van der Waals surface area contributed by atoms with Gasteiger partial charge in [0, 0.05) is 12.6 Å². The van der Waals surface area contributed by atoms with E-state index in [4.69, 9.17) is 5.11 Å². The predicted molar refractivity (Wildman–Crippen MR) is 48.8 cm³/mol. The molecule has 0 aromatic carbocycles. The van der Waals surface area contributed by atoms with E-state index >= 15 is 0 Å². The molecular weight excluding hydrogens is 190 g/mol. The number of hydrogen-bond donors (Lipinski definition) is 2. The number of aromatic carboxylic acids is 1. The van der Waals surface area contributed by atoms with Crippen molar-refractivity contribution in [1.29, 1.82) is 0 Å². The summed E-state index contributed by atoms with van der Waals surface area (Å²) >= 11 is 1.12. The number of nitrogens with one attached hydrogen (secondary N) is 1. The monoisotopic (exact) mass is 201 g/mol. The van der Waals surface area contributed by atoms with Gasteiger partial charge in [0.1, 0.15) is 0 Å². The molecule has 0 saturated carbocycles. The zero-order valence-corrected chi connectivity index (χ0v) is 8.26. The minimum Gasteiger partial charge on any atom is -0.476 e. The van der Waals surface area contributed by atoms with Crippen LogP contribution in [0.15, 0.2) is 0 Å². The van der Waals surface area contributed by atoms with Gasteiger partial charge in [-0.05, 0) is 11.5 Å². The van der Waals surface area contributed by atoms with Gasteiger partial charge in [0.05, 0.1) is 4.88 Å². The van der Waals surface area contributed by atoms with Crippen LogP contribution in [-0.2, 0) is 6.54 Å². The zero-order chi connectivity index (χ0) is 9.84. The zero-order valence-electron chi connectivity index (χ0n) is 7.44. The third-order valence-electron chi connectivity index (χ3n) is 1.43. The highest BCUT2D eigenvalue weighted by Gasteiger charge is 2.14. The SMILES string of the molecule is CC(C)NCc1snnc1C(=O)O. The van der Waals surface area contributed by atoms with Gasteiger partial charge in [-0.2, -0.15) is 0 Å². The molecule has 1 heterocycles. The van der Waals surface area contributed by atoms with Gasteiger partial charge in [0.15, 0.2) is 5.69 Å². The summed E-state index contributed by atoms with van der Waals surface area (Å²) in [5.74, 6) is -1.02. The molecule has 0 spiro atoms. The van der Waals surface area contributed by atoms with Gasteiger partial charge in [-0.15, -0.1) is 5.10 Å². The molecule has 0 atom stereocenters. The molecule has 0 fully saturated rings. The second-order valence-corrected chi connectivity index (χ2v) is 3.72. The minimum absolute atomic E-state index is 0.0538. The topological polar surface area (TPSA) is 75.1 Å². The van der Waals surface area contributed by atoms with Crippen LogP contribution >= 0.6 is 11.5 Å². The van der Waals surface area contributed by atoms with E-state index in [0.717, 1.165) is 11.5 Å². The highest BCUT2D eigenvalue weighted by atomic mass is 32.1. The number of rotatable bonds is 4. The maximum atomic E-state index is 10.6. The molecule has 0 bridgehead atoms. The van der Waals surface area contributed by atoms with Gasteiger partial charge >= 0.3 is 5.97 Å². The second-order valence-electron chi connectivity index (χ2n) is 2.89. The fourth-order valence-corrected chi connectivity index (χ4v) is 1.37. The molecule has 1 rings (SSSR count). The smallest absolute Gasteiger partial charge is 0.357 e. The first-order chi connectivity index (χ1) is 6.11. The Morgan fingerprint density at radius 2 is 2.38 bits per heavy atom. The van der Waals surface area contributed by atoms with Crippen LogP contribution < -0.4 is 5.32 Å². The van der Waals surface area contributed by atoms with Crippen LogP contribution in [0.25, 0.3) is 0 Å². The summed E-state index contributed by atoms with van der Waals surface area (Å²) in [7, 11) is 0. The van der Waals surface area contributed by atoms with Crippen molar-refractivity contribution in [3.05, 3.63) is 10.6 Å². The first kappa shape index (κ1) is 10.1. The third-order valence-corrected chi connectivity index (χ3v) is 2.15. The predicted octanol–water partition coefficient (Wildman–Crippen LogP) is 0.734. The third kappa shape index (κ3) is 2.74. The Morgan fingerprint density at radius 1 is 1.69 bits per heavy atom. The molecule has 1 aromatic heterocycles. The summed E-state index contributed by atoms with van der Waals surface area (Å²) in [5.41, 5.74) is 0.0538. The number of hydrogen-bond acceptors (Lipinski definition) is 5. The van der Waals surface area contributed by atoms with Crippen molar-refractivity contribution in [2.75, 3.05) is 0 Å². The number of carboxylic acid groups (broad SMARTS) is 1. The van der Waals surface area contributed by atoms with Gasteiger partial charge < -0.3 is 10.4 Å². The molecule has 0 saturated heterocycles. The van der Waals surface area contributed by atoms with E-state index < -0.39 is 5.97 Å². The second kappa shape index (κ2) is 4.29. The van der Waals surface area contributed by atoms with E-state index in [1.54, 1.807) is 0 Å². The van der Waals surface area contributed by atoms with E-state index in [-0.39, 0.29) is 5.69 Å². The molecule has 6 heteroatoms. The first-order valence-corrected chi connectivity index (χ1v) is 4.66. The Morgan fingerprint density at radius 3 is 2.92 bits per heavy atom. The van der Waals surface area contributed by atoms with Gasteiger partial charge in [-0.25, -0.2) is 4.79 Å². The van der Waals surface area contributed by atoms with Crippen LogP contribution in [-0.4, -0.2) is 26.7 Å². The molecule has 1 aromatic rings. The summed E-state index contributed by atoms with van der Waals surface area (Å²) < 4.78 is 3.59. The van der Waals surface area contributed by atoms with Gasteiger partial charge in [-0.1, -0.05) is 18.3 Å². The first-order valence-electron chi connectivity index (χ1n) is 3.89. The molecule has 0 aliphatic heterocycles. The van der Waals surface area contributed by atoms with Crippen molar-refractivity contribution in [2.45, 2.75) is 26.4 Å². The summed E-state index contributed by atoms with van der Waals surface area (Å²) in [6.07, 6.45) is 0. The molecule has 0 radical (unpaired) electrons. The number of aromatic nitrogens is 2. The van der Waals surface area contributed by atoms with Gasteiger partial charge in [0.2, 0.25) is 0 Å². The molecule has 2 N–H and O–H groups in total. The fraction of sp³-hybridized carbons (Fsp3) is 0.571. The van der Waals surface area contributed by atoms with E-state index in [9.17, 15) is 4.79 Å². The van der Waals surface area contributed by atoms with Crippen LogP contribution in [0.1, 0.15) is 29.2 Å². The lowest BCUT2D eigenvalue weighted by Crippen LogP contribution is -2.22. The normalized spacial score (nSPS) is 10.7. The van der Waals surface area contributed by atoms with Gasteiger partial charge in [0.25, 0.3) is 0 Å². The maximum Gasteiger partial charge on any atom is 0.357 e. The highest BCUT2D eigenvalue weighted by Crippen LogP contribution is 2.09. The van der Waals surface area contributed by atoms with Crippen LogP contribution in [0.3, 0.4) is 0 Å². The average Bonchev–Trinajstić information content (AvgIpc) is 2.47. The number of carboxylic acids is 1. The molecular formula is C7H11N3O2S. The van der Waals surface area contributed by atoms with Crippen LogP contribution in [0.4, 0.5) is 0 Å². The van der Waals surface area contributed by atoms with Crippen LogP contribution in [0.2, 0.25) is 0 Å². The Bertz CT molecular complexity index is 298.